The van der Waals surface area contributed by atoms with Crippen LogP contribution in [0.4, 0.5) is 0 Å². The van der Waals surface area contributed by atoms with E-state index in [-0.39, 0.29) is 6.10 Å². The Balaban J connectivity index is 2.10. The number of ether oxygens (including phenoxy) is 1. The normalized spacial score (nSPS) is 17.6. The zero-order chi connectivity index (χ0) is 12.7. The molecule has 1 aromatic heterocycles. The summed E-state index contributed by atoms with van der Waals surface area (Å²) in [4.78, 5) is 5.70. The zero-order valence-corrected chi connectivity index (χ0v) is 11.4. The topological polar surface area (TPSA) is 48.1 Å². The SMILES string of the molecule is Cc1nc(C)c(-c2cccc3c2O[C@H](CN)C3)s1. The zero-order valence-electron chi connectivity index (χ0n) is 10.6. The van der Waals surface area contributed by atoms with Crippen LogP contribution in [0.1, 0.15) is 16.3 Å². The van der Waals surface area contributed by atoms with Gasteiger partial charge in [-0.2, -0.15) is 0 Å². The monoisotopic (exact) mass is 260 g/mol. The summed E-state index contributed by atoms with van der Waals surface area (Å²) in [5.74, 6) is 1.000. The molecule has 2 heterocycles. The number of para-hydroxylation sites is 1. The Bertz CT molecular complexity index is 591. The van der Waals surface area contributed by atoms with Gasteiger partial charge in [0, 0.05) is 18.5 Å². The molecule has 94 valence electrons. The van der Waals surface area contributed by atoms with E-state index in [1.165, 1.54) is 10.4 Å². The van der Waals surface area contributed by atoms with Gasteiger partial charge in [-0.3, -0.25) is 0 Å². The number of nitrogens with zero attached hydrogens (tertiary/aromatic N) is 1. The average Bonchev–Trinajstić information content (AvgIpc) is 2.91. The standard InChI is InChI=1S/C14H16N2OS/c1-8-14(18-9(2)16-8)12-5-3-4-10-6-11(7-15)17-13(10)12/h3-5,11H,6-7,15H2,1-2H3/t11-/m0/s1. The average molecular weight is 260 g/mol. The predicted octanol–water partition coefficient (Wildman–Crippen LogP) is 2.69. The molecule has 0 unspecified atom stereocenters. The Kier molecular flexibility index (Phi) is 2.84. The van der Waals surface area contributed by atoms with E-state index in [0.29, 0.717) is 6.54 Å². The lowest BCUT2D eigenvalue weighted by molar-refractivity contribution is 0.242. The molecule has 1 atom stereocenters. The summed E-state index contributed by atoms with van der Waals surface area (Å²) in [6.45, 7) is 4.65. The minimum Gasteiger partial charge on any atom is -0.488 e. The van der Waals surface area contributed by atoms with Crippen LogP contribution in [0.5, 0.6) is 5.75 Å². The van der Waals surface area contributed by atoms with E-state index in [4.69, 9.17) is 10.5 Å². The third-order valence-corrected chi connectivity index (χ3v) is 4.35. The van der Waals surface area contributed by atoms with E-state index in [1.807, 2.05) is 13.8 Å². The third kappa shape index (κ3) is 1.82. The number of aromatic nitrogens is 1. The summed E-state index contributed by atoms with van der Waals surface area (Å²) in [5, 5.41) is 1.09. The van der Waals surface area contributed by atoms with Gasteiger partial charge in [0.15, 0.2) is 0 Å². The lowest BCUT2D eigenvalue weighted by Crippen LogP contribution is -2.24. The first-order chi connectivity index (χ1) is 8.69. The fraction of sp³-hybridized carbons (Fsp3) is 0.357. The summed E-state index contributed by atoms with van der Waals surface area (Å²) in [6.07, 6.45) is 1.03. The van der Waals surface area contributed by atoms with Crippen LogP contribution in [-0.4, -0.2) is 17.6 Å². The van der Waals surface area contributed by atoms with Crippen molar-refractivity contribution in [1.82, 2.24) is 4.98 Å². The van der Waals surface area contributed by atoms with Crippen LogP contribution in [-0.2, 0) is 6.42 Å². The second-order valence-corrected chi connectivity index (χ2v) is 5.82. The molecular formula is C14H16N2OS. The largest absolute Gasteiger partial charge is 0.488 e. The quantitative estimate of drug-likeness (QED) is 0.903. The van der Waals surface area contributed by atoms with Gasteiger partial charge in [0.05, 0.1) is 15.6 Å². The van der Waals surface area contributed by atoms with Crippen LogP contribution in [0, 0.1) is 13.8 Å². The smallest absolute Gasteiger partial charge is 0.131 e. The molecule has 0 aliphatic carbocycles. The predicted molar refractivity (Wildman–Crippen MR) is 74.2 cm³/mol. The van der Waals surface area contributed by atoms with Crippen molar-refractivity contribution in [3.8, 4) is 16.2 Å². The molecule has 0 radical (unpaired) electrons. The maximum absolute atomic E-state index is 5.96. The molecule has 0 bridgehead atoms. The Morgan fingerprint density at radius 3 is 2.94 bits per heavy atom. The van der Waals surface area contributed by atoms with Crippen molar-refractivity contribution in [2.45, 2.75) is 26.4 Å². The lowest BCUT2D eigenvalue weighted by Gasteiger charge is -2.09. The van der Waals surface area contributed by atoms with Crippen molar-refractivity contribution in [3.05, 3.63) is 34.5 Å². The van der Waals surface area contributed by atoms with Crippen LogP contribution >= 0.6 is 11.3 Å². The molecular weight excluding hydrogens is 244 g/mol. The van der Waals surface area contributed by atoms with Gasteiger partial charge in [-0.25, -0.2) is 4.98 Å². The van der Waals surface area contributed by atoms with Gasteiger partial charge >= 0.3 is 0 Å². The summed E-state index contributed by atoms with van der Waals surface area (Å²) in [7, 11) is 0. The number of rotatable bonds is 2. The van der Waals surface area contributed by atoms with Gasteiger partial charge in [-0.1, -0.05) is 12.1 Å². The number of thiazole rings is 1. The second kappa shape index (κ2) is 4.37. The fourth-order valence-electron chi connectivity index (χ4n) is 2.43. The van der Waals surface area contributed by atoms with Gasteiger partial charge in [0.1, 0.15) is 11.9 Å². The van der Waals surface area contributed by atoms with Gasteiger partial charge in [-0.05, 0) is 25.5 Å². The molecule has 4 heteroatoms. The minimum absolute atomic E-state index is 0.121. The lowest BCUT2D eigenvalue weighted by atomic mass is 10.0. The first-order valence-electron chi connectivity index (χ1n) is 6.12. The second-order valence-electron chi connectivity index (χ2n) is 4.62. The molecule has 3 rings (SSSR count). The van der Waals surface area contributed by atoms with E-state index in [9.17, 15) is 0 Å². The minimum atomic E-state index is 0.121. The summed E-state index contributed by atoms with van der Waals surface area (Å²) in [6, 6.07) is 6.32. The maximum Gasteiger partial charge on any atom is 0.131 e. The van der Waals surface area contributed by atoms with Gasteiger partial charge in [-0.15, -0.1) is 11.3 Å². The molecule has 3 nitrogen and oxygen atoms in total. The highest BCUT2D eigenvalue weighted by molar-refractivity contribution is 7.15. The number of fused-ring (bicyclic) bond motifs is 1. The number of hydrogen-bond donors (Lipinski definition) is 1. The molecule has 1 aliphatic rings. The number of nitrogens with two attached hydrogens (primary N) is 1. The highest BCUT2D eigenvalue weighted by Crippen LogP contribution is 2.41. The first kappa shape index (κ1) is 11.7. The van der Waals surface area contributed by atoms with Gasteiger partial charge in [0.2, 0.25) is 0 Å². The van der Waals surface area contributed by atoms with Crippen molar-refractivity contribution >= 4 is 11.3 Å². The summed E-state index contributed by atoms with van der Waals surface area (Å²) >= 11 is 1.72. The van der Waals surface area contributed by atoms with Crippen molar-refractivity contribution < 1.29 is 4.74 Å². The van der Waals surface area contributed by atoms with E-state index in [1.54, 1.807) is 11.3 Å². The van der Waals surface area contributed by atoms with E-state index < -0.39 is 0 Å². The van der Waals surface area contributed by atoms with E-state index in [2.05, 4.69) is 23.2 Å². The van der Waals surface area contributed by atoms with Crippen LogP contribution in [0.15, 0.2) is 18.2 Å². The molecule has 0 fully saturated rings. The van der Waals surface area contributed by atoms with Crippen molar-refractivity contribution in [2.24, 2.45) is 5.73 Å². The van der Waals surface area contributed by atoms with Crippen molar-refractivity contribution in [3.63, 3.8) is 0 Å². The molecule has 1 aromatic carbocycles. The molecule has 18 heavy (non-hydrogen) atoms. The maximum atomic E-state index is 5.96. The van der Waals surface area contributed by atoms with Crippen molar-refractivity contribution in [2.75, 3.05) is 6.54 Å². The Labute approximate surface area is 111 Å². The van der Waals surface area contributed by atoms with Crippen LogP contribution in [0.3, 0.4) is 0 Å². The summed E-state index contributed by atoms with van der Waals surface area (Å²) in [5.41, 5.74) is 9.19. The van der Waals surface area contributed by atoms with Crippen LogP contribution < -0.4 is 10.5 Å². The van der Waals surface area contributed by atoms with E-state index >= 15 is 0 Å². The molecule has 2 aromatic rings. The van der Waals surface area contributed by atoms with Crippen molar-refractivity contribution in [1.29, 1.82) is 0 Å². The Morgan fingerprint density at radius 2 is 2.28 bits per heavy atom. The van der Waals surface area contributed by atoms with Crippen LogP contribution in [0.2, 0.25) is 0 Å². The molecule has 2 N–H and O–H groups in total. The number of benzene rings is 1. The van der Waals surface area contributed by atoms with E-state index in [0.717, 1.165) is 28.4 Å². The Morgan fingerprint density at radius 1 is 1.44 bits per heavy atom. The molecule has 0 spiro atoms. The number of aryl methyl sites for hydroxylation is 2. The molecule has 0 saturated heterocycles. The highest BCUT2D eigenvalue weighted by Gasteiger charge is 2.25. The third-order valence-electron chi connectivity index (χ3n) is 3.24. The first-order valence-corrected chi connectivity index (χ1v) is 6.93. The molecule has 1 aliphatic heterocycles. The highest BCUT2D eigenvalue weighted by atomic mass is 32.1. The van der Waals surface area contributed by atoms with Gasteiger partial charge < -0.3 is 10.5 Å². The number of hydrogen-bond acceptors (Lipinski definition) is 4. The Hall–Kier alpha value is -1.39. The fourth-order valence-corrected chi connectivity index (χ4v) is 3.37. The summed E-state index contributed by atoms with van der Waals surface area (Å²) < 4.78 is 5.96. The van der Waals surface area contributed by atoms with Gasteiger partial charge in [0.25, 0.3) is 0 Å². The molecule has 0 amide bonds. The molecule has 0 saturated carbocycles. The van der Waals surface area contributed by atoms with Crippen LogP contribution in [0.25, 0.3) is 10.4 Å².